The van der Waals surface area contributed by atoms with Gasteiger partial charge in [0.05, 0.1) is 0 Å². The molecular weight excluding hydrogens is 196 g/mol. The van der Waals surface area contributed by atoms with Crippen molar-refractivity contribution in [2.45, 2.75) is 33.1 Å². The summed E-state index contributed by atoms with van der Waals surface area (Å²) in [5.74, 6) is -0.359. The molecule has 15 heavy (non-hydrogen) atoms. The van der Waals surface area contributed by atoms with Crippen LogP contribution in [-0.2, 0) is 4.79 Å². The number of hydrogen-bond acceptors (Lipinski definition) is 2. The van der Waals surface area contributed by atoms with Crippen LogP contribution in [0.5, 0.6) is 0 Å². The van der Waals surface area contributed by atoms with Crippen LogP contribution in [0.3, 0.4) is 0 Å². The molecule has 0 aromatic rings. The zero-order valence-corrected chi connectivity index (χ0v) is 9.38. The highest BCUT2D eigenvalue weighted by atomic mass is 16.4. The second-order valence-electron chi connectivity index (χ2n) is 3.88. The van der Waals surface area contributed by atoms with Gasteiger partial charge in [-0.25, -0.2) is 4.79 Å². The molecule has 0 fully saturated rings. The highest BCUT2D eigenvalue weighted by Gasteiger charge is 2.01. The molecule has 0 saturated heterocycles. The number of carboxylic acids is 1. The van der Waals surface area contributed by atoms with Crippen LogP contribution in [0.1, 0.15) is 33.1 Å². The van der Waals surface area contributed by atoms with E-state index in [1.165, 1.54) is 0 Å². The predicted octanol–water partition coefficient (Wildman–Crippen LogP) is 1.20. The topological polar surface area (TPSA) is 78.4 Å². The Morgan fingerprint density at radius 3 is 2.40 bits per heavy atom. The smallest absolute Gasteiger partial charge is 0.314 e. The summed E-state index contributed by atoms with van der Waals surface area (Å²) < 4.78 is 0. The van der Waals surface area contributed by atoms with E-state index in [1.54, 1.807) is 0 Å². The average Bonchev–Trinajstić information content (AvgIpc) is 2.13. The van der Waals surface area contributed by atoms with Gasteiger partial charge in [-0.15, -0.1) is 0 Å². The van der Waals surface area contributed by atoms with Crippen LogP contribution in [0.2, 0.25) is 0 Å². The van der Waals surface area contributed by atoms with E-state index in [4.69, 9.17) is 5.11 Å². The van der Waals surface area contributed by atoms with Gasteiger partial charge in [-0.1, -0.05) is 13.8 Å². The molecule has 0 saturated carbocycles. The molecule has 0 aromatic carbocycles. The fourth-order valence-corrected chi connectivity index (χ4v) is 0.962. The molecule has 0 bridgehead atoms. The zero-order chi connectivity index (χ0) is 11.7. The molecule has 0 atom stereocenters. The lowest BCUT2D eigenvalue weighted by atomic mass is 10.2. The highest BCUT2D eigenvalue weighted by Crippen LogP contribution is 1.93. The van der Waals surface area contributed by atoms with Gasteiger partial charge in [-0.3, -0.25) is 4.79 Å². The van der Waals surface area contributed by atoms with Gasteiger partial charge in [0, 0.05) is 19.5 Å². The molecule has 2 amide bonds. The number of urea groups is 1. The molecule has 88 valence electrons. The number of rotatable bonds is 7. The number of hydrogen-bond donors (Lipinski definition) is 3. The molecule has 3 N–H and O–H groups in total. The first-order chi connectivity index (χ1) is 7.02. The van der Waals surface area contributed by atoms with Crippen molar-refractivity contribution in [2.24, 2.45) is 5.92 Å². The molecule has 0 unspecified atom stereocenters. The fourth-order valence-electron chi connectivity index (χ4n) is 0.962. The number of carbonyl (C=O) groups excluding carboxylic acids is 1. The van der Waals surface area contributed by atoms with Crippen molar-refractivity contribution in [2.75, 3.05) is 13.1 Å². The van der Waals surface area contributed by atoms with Gasteiger partial charge in [0.15, 0.2) is 0 Å². The van der Waals surface area contributed by atoms with Crippen molar-refractivity contribution in [3.8, 4) is 0 Å². The van der Waals surface area contributed by atoms with Crippen LogP contribution >= 0.6 is 0 Å². The normalized spacial score (nSPS) is 10.1. The second-order valence-corrected chi connectivity index (χ2v) is 3.88. The van der Waals surface area contributed by atoms with Gasteiger partial charge in [-0.05, 0) is 18.8 Å². The minimum atomic E-state index is -0.792. The van der Waals surface area contributed by atoms with E-state index in [1.807, 2.05) is 13.8 Å². The number of nitrogens with one attached hydrogen (secondary N) is 2. The van der Waals surface area contributed by atoms with Gasteiger partial charge in [0.1, 0.15) is 0 Å². The SMILES string of the molecule is CC(C)CNC(=O)NCCCCC(=O)O. The van der Waals surface area contributed by atoms with Crippen LogP contribution in [0.4, 0.5) is 4.79 Å². The minimum Gasteiger partial charge on any atom is -0.481 e. The van der Waals surface area contributed by atoms with E-state index in [0.717, 1.165) is 0 Å². The summed E-state index contributed by atoms with van der Waals surface area (Å²) in [5.41, 5.74) is 0. The largest absolute Gasteiger partial charge is 0.481 e. The second kappa shape index (κ2) is 8.08. The molecule has 0 heterocycles. The number of unbranched alkanes of at least 4 members (excludes halogenated alkanes) is 1. The van der Waals surface area contributed by atoms with E-state index in [9.17, 15) is 9.59 Å². The number of aliphatic carboxylic acids is 1. The minimum absolute atomic E-state index is 0.162. The summed E-state index contributed by atoms with van der Waals surface area (Å²) >= 11 is 0. The lowest BCUT2D eigenvalue weighted by Gasteiger charge is -2.08. The standard InChI is InChI=1S/C10H20N2O3/c1-8(2)7-12-10(15)11-6-4-3-5-9(13)14/h8H,3-7H2,1-2H3,(H,13,14)(H2,11,12,15). The molecule has 0 aliphatic rings. The molecule has 0 radical (unpaired) electrons. The average molecular weight is 216 g/mol. The van der Waals surface area contributed by atoms with Gasteiger partial charge in [0.2, 0.25) is 0 Å². The molecule has 5 heteroatoms. The Balaban J connectivity index is 3.28. The zero-order valence-electron chi connectivity index (χ0n) is 9.38. The predicted molar refractivity (Wildman–Crippen MR) is 57.7 cm³/mol. The Bertz CT molecular complexity index is 205. The van der Waals surface area contributed by atoms with Crippen molar-refractivity contribution >= 4 is 12.0 Å². The molecule has 0 rings (SSSR count). The summed E-state index contributed by atoms with van der Waals surface area (Å²) in [4.78, 5) is 21.3. The van der Waals surface area contributed by atoms with E-state index >= 15 is 0 Å². The Morgan fingerprint density at radius 1 is 1.20 bits per heavy atom. The van der Waals surface area contributed by atoms with Crippen molar-refractivity contribution in [3.05, 3.63) is 0 Å². The number of carbonyl (C=O) groups is 2. The maximum absolute atomic E-state index is 11.1. The van der Waals surface area contributed by atoms with Crippen molar-refractivity contribution in [1.82, 2.24) is 10.6 Å². The molecule has 5 nitrogen and oxygen atoms in total. The Kier molecular flexibility index (Phi) is 7.40. The summed E-state index contributed by atoms with van der Waals surface area (Å²) in [5, 5.41) is 13.8. The van der Waals surface area contributed by atoms with Gasteiger partial charge in [-0.2, -0.15) is 0 Å². The summed E-state index contributed by atoms with van der Waals surface area (Å²) in [6.45, 7) is 5.22. The molecule has 0 aromatic heterocycles. The number of carboxylic acid groups (broad SMARTS) is 1. The lowest BCUT2D eigenvalue weighted by Crippen LogP contribution is -2.37. The molecule has 0 aliphatic carbocycles. The Morgan fingerprint density at radius 2 is 1.87 bits per heavy atom. The Hall–Kier alpha value is -1.26. The maximum Gasteiger partial charge on any atom is 0.314 e. The lowest BCUT2D eigenvalue weighted by molar-refractivity contribution is -0.137. The third kappa shape index (κ3) is 10.7. The first-order valence-electron chi connectivity index (χ1n) is 5.26. The van der Waals surface area contributed by atoms with Gasteiger partial charge in [0.25, 0.3) is 0 Å². The summed E-state index contributed by atoms with van der Waals surface area (Å²) in [6.07, 6.45) is 1.45. The summed E-state index contributed by atoms with van der Waals surface area (Å²) in [6, 6.07) is -0.181. The third-order valence-corrected chi connectivity index (χ3v) is 1.77. The van der Waals surface area contributed by atoms with Crippen molar-refractivity contribution in [3.63, 3.8) is 0 Å². The first-order valence-corrected chi connectivity index (χ1v) is 5.26. The quantitative estimate of drug-likeness (QED) is 0.559. The van der Waals surface area contributed by atoms with E-state index < -0.39 is 5.97 Å². The summed E-state index contributed by atoms with van der Waals surface area (Å²) in [7, 11) is 0. The van der Waals surface area contributed by atoms with Crippen LogP contribution in [0, 0.1) is 5.92 Å². The third-order valence-electron chi connectivity index (χ3n) is 1.77. The van der Waals surface area contributed by atoms with Crippen LogP contribution < -0.4 is 10.6 Å². The van der Waals surface area contributed by atoms with Crippen LogP contribution in [-0.4, -0.2) is 30.2 Å². The van der Waals surface area contributed by atoms with Crippen LogP contribution in [0.25, 0.3) is 0 Å². The monoisotopic (exact) mass is 216 g/mol. The first kappa shape index (κ1) is 13.7. The van der Waals surface area contributed by atoms with E-state index in [2.05, 4.69) is 10.6 Å². The van der Waals surface area contributed by atoms with Crippen molar-refractivity contribution < 1.29 is 14.7 Å². The van der Waals surface area contributed by atoms with E-state index in [-0.39, 0.29) is 12.5 Å². The fraction of sp³-hybridized carbons (Fsp3) is 0.800. The Labute approximate surface area is 90.2 Å². The van der Waals surface area contributed by atoms with Gasteiger partial charge < -0.3 is 15.7 Å². The van der Waals surface area contributed by atoms with Crippen molar-refractivity contribution in [1.29, 1.82) is 0 Å². The van der Waals surface area contributed by atoms with Crippen LogP contribution in [0.15, 0.2) is 0 Å². The van der Waals surface area contributed by atoms with E-state index in [0.29, 0.717) is 31.8 Å². The highest BCUT2D eigenvalue weighted by molar-refractivity contribution is 5.73. The number of amides is 2. The van der Waals surface area contributed by atoms with Gasteiger partial charge >= 0.3 is 12.0 Å². The molecule has 0 aliphatic heterocycles. The maximum atomic E-state index is 11.1. The molecular formula is C10H20N2O3. The molecule has 0 spiro atoms.